The number of nitrogens with two attached hydrogens (primary N) is 1. The average Bonchev–Trinajstić information content (AvgIpc) is 2.40. The fourth-order valence-electron chi connectivity index (χ4n) is 2.59. The maximum atomic E-state index is 5.62. The van der Waals surface area contributed by atoms with Crippen molar-refractivity contribution < 1.29 is 4.74 Å². The van der Waals surface area contributed by atoms with E-state index in [4.69, 9.17) is 10.5 Å². The van der Waals surface area contributed by atoms with E-state index in [1.165, 1.54) is 24.9 Å². The highest BCUT2D eigenvalue weighted by molar-refractivity contribution is 5.58. The van der Waals surface area contributed by atoms with Crippen LogP contribution < -0.4 is 15.4 Å². The molecule has 1 aromatic rings. The minimum atomic E-state index is 0.811. The molecule has 94 valence electrons. The lowest BCUT2D eigenvalue weighted by Gasteiger charge is -2.34. The van der Waals surface area contributed by atoms with Crippen molar-refractivity contribution in [3.05, 3.63) is 24.3 Å². The molecule has 1 saturated heterocycles. The topological polar surface area (TPSA) is 38.5 Å². The van der Waals surface area contributed by atoms with E-state index >= 15 is 0 Å². The molecule has 1 aliphatic rings. The number of piperidine rings is 1. The third kappa shape index (κ3) is 2.91. The molecule has 0 aromatic heterocycles. The first kappa shape index (κ1) is 12.2. The number of hydrogen-bond acceptors (Lipinski definition) is 3. The van der Waals surface area contributed by atoms with Crippen LogP contribution in [0.2, 0.25) is 0 Å². The molecule has 2 N–H and O–H groups in total. The third-order valence-corrected chi connectivity index (χ3v) is 3.62. The predicted molar refractivity (Wildman–Crippen MR) is 71.6 cm³/mol. The van der Waals surface area contributed by atoms with Gasteiger partial charge < -0.3 is 15.4 Å². The second kappa shape index (κ2) is 5.92. The summed E-state index contributed by atoms with van der Waals surface area (Å²) in [6.45, 7) is 3.05. The molecule has 0 spiro atoms. The maximum Gasteiger partial charge on any atom is 0.142 e. The highest BCUT2D eigenvalue weighted by atomic mass is 16.5. The van der Waals surface area contributed by atoms with Crippen molar-refractivity contribution in [2.75, 3.05) is 31.6 Å². The molecule has 1 aromatic carbocycles. The Bertz CT molecular complexity index is 346. The van der Waals surface area contributed by atoms with Gasteiger partial charge in [0.25, 0.3) is 0 Å². The molecule has 3 nitrogen and oxygen atoms in total. The summed E-state index contributed by atoms with van der Waals surface area (Å²) >= 11 is 0. The lowest BCUT2D eigenvalue weighted by molar-refractivity contribution is 0.378. The Labute approximate surface area is 104 Å². The van der Waals surface area contributed by atoms with Gasteiger partial charge in [0.05, 0.1) is 12.8 Å². The van der Waals surface area contributed by atoms with E-state index in [2.05, 4.69) is 17.0 Å². The molecule has 0 unspecified atom stereocenters. The summed E-state index contributed by atoms with van der Waals surface area (Å²) in [6.07, 6.45) is 3.66. The first-order valence-corrected chi connectivity index (χ1v) is 6.43. The summed E-state index contributed by atoms with van der Waals surface area (Å²) in [7, 11) is 1.74. The summed E-state index contributed by atoms with van der Waals surface area (Å²) < 4.78 is 5.41. The molecule has 3 heteroatoms. The quantitative estimate of drug-likeness (QED) is 0.868. The molecule has 17 heavy (non-hydrogen) atoms. The Morgan fingerprint density at radius 2 is 2.00 bits per heavy atom. The summed E-state index contributed by atoms with van der Waals surface area (Å²) in [6, 6.07) is 8.26. The van der Waals surface area contributed by atoms with Gasteiger partial charge >= 0.3 is 0 Å². The van der Waals surface area contributed by atoms with Crippen LogP contribution in [0.3, 0.4) is 0 Å². The van der Waals surface area contributed by atoms with Crippen LogP contribution in [0, 0.1) is 5.92 Å². The highest BCUT2D eigenvalue weighted by Crippen LogP contribution is 2.31. The van der Waals surface area contributed by atoms with Crippen LogP contribution in [0.4, 0.5) is 5.69 Å². The number of hydrogen-bond donors (Lipinski definition) is 1. The lowest BCUT2D eigenvalue weighted by Crippen LogP contribution is -2.34. The normalized spacial score (nSPS) is 17.2. The number of benzene rings is 1. The minimum Gasteiger partial charge on any atom is -0.495 e. The van der Waals surface area contributed by atoms with Crippen LogP contribution in [0.25, 0.3) is 0 Å². The Morgan fingerprint density at radius 1 is 1.29 bits per heavy atom. The Balaban J connectivity index is 2.00. The van der Waals surface area contributed by atoms with Gasteiger partial charge in [-0.05, 0) is 43.9 Å². The monoisotopic (exact) mass is 234 g/mol. The van der Waals surface area contributed by atoms with Gasteiger partial charge in [0.2, 0.25) is 0 Å². The average molecular weight is 234 g/mol. The van der Waals surface area contributed by atoms with Gasteiger partial charge in [0.15, 0.2) is 0 Å². The molecule has 2 rings (SSSR count). The number of nitrogens with zero attached hydrogens (tertiary/aromatic N) is 1. The zero-order valence-corrected chi connectivity index (χ0v) is 10.6. The van der Waals surface area contributed by atoms with Crippen molar-refractivity contribution in [1.82, 2.24) is 0 Å². The van der Waals surface area contributed by atoms with Gasteiger partial charge in [0, 0.05) is 13.1 Å². The summed E-state index contributed by atoms with van der Waals surface area (Å²) in [4.78, 5) is 2.42. The molecule has 1 fully saturated rings. The largest absolute Gasteiger partial charge is 0.495 e. The summed E-state index contributed by atoms with van der Waals surface area (Å²) in [5.41, 5.74) is 6.84. The van der Waals surface area contributed by atoms with E-state index in [-0.39, 0.29) is 0 Å². The van der Waals surface area contributed by atoms with Crippen LogP contribution in [0.1, 0.15) is 19.3 Å². The SMILES string of the molecule is COc1ccccc1N1CCC(CCN)CC1. The third-order valence-electron chi connectivity index (χ3n) is 3.62. The number of methoxy groups -OCH3 is 1. The van der Waals surface area contributed by atoms with Crippen LogP contribution in [0.15, 0.2) is 24.3 Å². The smallest absolute Gasteiger partial charge is 0.142 e. The molecule has 0 amide bonds. The van der Waals surface area contributed by atoms with Gasteiger partial charge in [-0.3, -0.25) is 0 Å². The molecule has 1 heterocycles. The zero-order chi connectivity index (χ0) is 12.1. The van der Waals surface area contributed by atoms with Crippen molar-refractivity contribution in [2.24, 2.45) is 11.7 Å². The van der Waals surface area contributed by atoms with Crippen molar-refractivity contribution >= 4 is 5.69 Å². The van der Waals surface area contributed by atoms with Gasteiger partial charge in [-0.25, -0.2) is 0 Å². The molecule has 1 aliphatic heterocycles. The Morgan fingerprint density at radius 3 is 2.65 bits per heavy atom. The molecular formula is C14H22N2O. The van der Waals surface area contributed by atoms with Crippen molar-refractivity contribution in [2.45, 2.75) is 19.3 Å². The molecule has 0 atom stereocenters. The molecule has 0 radical (unpaired) electrons. The number of anilines is 1. The van der Waals surface area contributed by atoms with E-state index in [0.717, 1.165) is 31.3 Å². The Hall–Kier alpha value is -1.22. The van der Waals surface area contributed by atoms with Crippen LogP contribution >= 0.6 is 0 Å². The minimum absolute atomic E-state index is 0.811. The molecule has 0 aliphatic carbocycles. The van der Waals surface area contributed by atoms with E-state index in [9.17, 15) is 0 Å². The van der Waals surface area contributed by atoms with Crippen LogP contribution in [-0.4, -0.2) is 26.7 Å². The number of para-hydroxylation sites is 2. The van der Waals surface area contributed by atoms with Crippen molar-refractivity contribution in [3.8, 4) is 5.75 Å². The van der Waals surface area contributed by atoms with Gasteiger partial charge in [-0.2, -0.15) is 0 Å². The van der Waals surface area contributed by atoms with E-state index < -0.39 is 0 Å². The molecular weight excluding hydrogens is 212 g/mol. The van der Waals surface area contributed by atoms with E-state index in [1.54, 1.807) is 7.11 Å². The van der Waals surface area contributed by atoms with E-state index in [1.807, 2.05) is 12.1 Å². The second-order valence-corrected chi connectivity index (χ2v) is 4.68. The zero-order valence-electron chi connectivity index (χ0n) is 10.6. The molecule has 0 bridgehead atoms. The lowest BCUT2D eigenvalue weighted by atomic mass is 9.93. The summed E-state index contributed by atoms with van der Waals surface area (Å²) in [5.74, 6) is 1.79. The predicted octanol–water partition coefficient (Wildman–Crippen LogP) is 2.26. The van der Waals surface area contributed by atoms with Crippen molar-refractivity contribution in [1.29, 1.82) is 0 Å². The van der Waals surface area contributed by atoms with Gasteiger partial charge in [0.1, 0.15) is 5.75 Å². The van der Waals surface area contributed by atoms with E-state index in [0.29, 0.717) is 0 Å². The van der Waals surface area contributed by atoms with Gasteiger partial charge in [-0.15, -0.1) is 0 Å². The van der Waals surface area contributed by atoms with Crippen molar-refractivity contribution in [3.63, 3.8) is 0 Å². The molecule has 0 saturated carbocycles. The first-order valence-electron chi connectivity index (χ1n) is 6.43. The first-order chi connectivity index (χ1) is 8.35. The highest BCUT2D eigenvalue weighted by Gasteiger charge is 2.20. The number of rotatable bonds is 4. The van der Waals surface area contributed by atoms with Crippen LogP contribution in [0.5, 0.6) is 5.75 Å². The fourth-order valence-corrected chi connectivity index (χ4v) is 2.59. The Kier molecular flexibility index (Phi) is 4.26. The maximum absolute atomic E-state index is 5.62. The summed E-state index contributed by atoms with van der Waals surface area (Å²) in [5, 5.41) is 0. The fraction of sp³-hybridized carbons (Fsp3) is 0.571. The number of ether oxygens (including phenoxy) is 1. The van der Waals surface area contributed by atoms with Gasteiger partial charge in [-0.1, -0.05) is 12.1 Å². The van der Waals surface area contributed by atoms with Crippen LogP contribution in [-0.2, 0) is 0 Å². The second-order valence-electron chi connectivity index (χ2n) is 4.68. The standard InChI is InChI=1S/C14H22N2O/c1-17-14-5-3-2-4-13(14)16-10-7-12(6-9-15)8-11-16/h2-5,12H,6-11,15H2,1H3.